The fourth-order valence-electron chi connectivity index (χ4n) is 2.73. The van der Waals surface area contributed by atoms with Gasteiger partial charge in [0.2, 0.25) is 0 Å². The van der Waals surface area contributed by atoms with E-state index in [4.69, 9.17) is 4.98 Å². The Bertz CT molecular complexity index is 902. The predicted molar refractivity (Wildman–Crippen MR) is 95.1 cm³/mol. The maximum atomic E-state index is 4.78. The lowest BCUT2D eigenvalue weighted by molar-refractivity contribution is 0.936. The molecule has 4 heterocycles. The summed E-state index contributed by atoms with van der Waals surface area (Å²) in [6.07, 6.45) is 5.61. The van der Waals surface area contributed by atoms with E-state index in [1.807, 2.05) is 55.7 Å². The van der Waals surface area contributed by atoms with Gasteiger partial charge >= 0.3 is 0 Å². The second kappa shape index (κ2) is 6.08. The van der Waals surface area contributed by atoms with E-state index in [0.717, 1.165) is 34.0 Å². The predicted octanol–water partition coefficient (Wildman–Crippen LogP) is 4.21. The largest absolute Gasteiger partial charge is 0.351 e. The number of hydrogen-bond donors (Lipinski definition) is 0. The zero-order valence-electron chi connectivity index (χ0n) is 13.3. The molecule has 4 aromatic rings. The molecule has 4 nitrogen and oxygen atoms in total. The van der Waals surface area contributed by atoms with Gasteiger partial charge in [0.1, 0.15) is 0 Å². The maximum absolute atomic E-state index is 4.78. The first-order chi connectivity index (χ1) is 11.8. The molecule has 0 aliphatic carbocycles. The fourth-order valence-corrected chi connectivity index (χ4v) is 2.73. The Morgan fingerprint density at radius 1 is 0.708 bits per heavy atom. The van der Waals surface area contributed by atoms with E-state index in [0.29, 0.717) is 0 Å². The summed E-state index contributed by atoms with van der Waals surface area (Å²) in [5, 5.41) is 0. The molecule has 4 heteroatoms. The summed E-state index contributed by atoms with van der Waals surface area (Å²) in [5.41, 5.74) is 5.62. The molecule has 0 aromatic carbocycles. The number of rotatable bonds is 3. The van der Waals surface area contributed by atoms with Crippen LogP contribution in [0.4, 0.5) is 0 Å². The van der Waals surface area contributed by atoms with Crippen molar-refractivity contribution in [1.82, 2.24) is 19.5 Å². The minimum atomic E-state index is 0.843. The van der Waals surface area contributed by atoms with Crippen LogP contribution in [0.5, 0.6) is 0 Å². The molecule has 0 fully saturated rings. The average molecular weight is 312 g/mol. The van der Waals surface area contributed by atoms with Crippen molar-refractivity contribution in [3.05, 3.63) is 79.3 Å². The van der Waals surface area contributed by atoms with Crippen molar-refractivity contribution in [2.24, 2.45) is 7.05 Å². The quantitative estimate of drug-likeness (QED) is 0.569. The normalized spacial score (nSPS) is 10.7. The average Bonchev–Trinajstić information content (AvgIpc) is 3.09. The number of aryl methyl sites for hydroxylation is 1. The van der Waals surface area contributed by atoms with Gasteiger partial charge in [0.15, 0.2) is 0 Å². The summed E-state index contributed by atoms with van der Waals surface area (Å²) in [6.45, 7) is 0. The molecule has 0 spiro atoms. The van der Waals surface area contributed by atoms with E-state index in [2.05, 4.69) is 32.7 Å². The molecule has 0 aliphatic rings. The Morgan fingerprint density at radius 2 is 1.33 bits per heavy atom. The second-order valence-electron chi connectivity index (χ2n) is 5.56. The molecule has 0 radical (unpaired) electrons. The van der Waals surface area contributed by atoms with Crippen LogP contribution in [0.25, 0.3) is 34.0 Å². The van der Waals surface area contributed by atoms with Crippen molar-refractivity contribution < 1.29 is 0 Å². The first-order valence-corrected chi connectivity index (χ1v) is 7.78. The van der Waals surface area contributed by atoms with E-state index in [9.17, 15) is 0 Å². The molecule has 0 N–H and O–H groups in total. The first-order valence-electron chi connectivity index (χ1n) is 7.78. The Hall–Kier alpha value is -3.27. The molecule has 0 atom stereocenters. The molecule has 4 aromatic heterocycles. The molecule has 0 saturated heterocycles. The number of nitrogens with zero attached hydrogens (tertiary/aromatic N) is 4. The van der Waals surface area contributed by atoms with E-state index >= 15 is 0 Å². The molecule has 0 bridgehead atoms. The molecular formula is C20H16N4. The summed E-state index contributed by atoms with van der Waals surface area (Å²) in [7, 11) is 2.04. The number of aromatic nitrogens is 4. The highest BCUT2D eigenvalue weighted by Crippen LogP contribution is 2.28. The van der Waals surface area contributed by atoms with Crippen LogP contribution < -0.4 is 0 Å². The van der Waals surface area contributed by atoms with E-state index in [1.54, 1.807) is 12.4 Å². The summed E-state index contributed by atoms with van der Waals surface area (Å²) in [6, 6.07) is 20.0. The van der Waals surface area contributed by atoms with Gasteiger partial charge in [-0.2, -0.15) is 0 Å². The zero-order chi connectivity index (χ0) is 16.4. The highest BCUT2D eigenvalue weighted by molar-refractivity contribution is 5.73. The van der Waals surface area contributed by atoms with Crippen LogP contribution in [0.15, 0.2) is 79.3 Å². The van der Waals surface area contributed by atoms with Gasteiger partial charge in [0.05, 0.1) is 22.8 Å². The second-order valence-corrected chi connectivity index (χ2v) is 5.56. The zero-order valence-corrected chi connectivity index (χ0v) is 13.3. The molecule has 116 valence electrons. The summed E-state index contributed by atoms with van der Waals surface area (Å²) < 4.78 is 2.10. The van der Waals surface area contributed by atoms with E-state index in [1.165, 1.54) is 0 Å². The fraction of sp³-hybridized carbons (Fsp3) is 0.0500. The molecule has 0 aliphatic heterocycles. The summed E-state index contributed by atoms with van der Waals surface area (Å²) in [4.78, 5) is 13.7. The van der Waals surface area contributed by atoms with Gasteiger partial charge in [-0.05, 0) is 48.5 Å². The first kappa shape index (κ1) is 14.3. The lowest BCUT2D eigenvalue weighted by Crippen LogP contribution is -1.96. The van der Waals surface area contributed by atoms with Crippen molar-refractivity contribution in [1.29, 1.82) is 0 Å². The van der Waals surface area contributed by atoms with Gasteiger partial charge in [-0.15, -0.1) is 0 Å². The highest BCUT2D eigenvalue weighted by atomic mass is 14.9. The SMILES string of the molecule is Cn1cccc1-c1cc(-c2ccccn2)nc(-c2ccccn2)c1. The highest BCUT2D eigenvalue weighted by Gasteiger charge is 2.11. The number of pyridine rings is 3. The lowest BCUT2D eigenvalue weighted by atomic mass is 10.1. The van der Waals surface area contributed by atoms with E-state index < -0.39 is 0 Å². The molecule has 0 saturated carbocycles. The molecule has 4 rings (SSSR count). The monoisotopic (exact) mass is 312 g/mol. The van der Waals surface area contributed by atoms with Crippen molar-refractivity contribution in [2.75, 3.05) is 0 Å². The number of hydrogen-bond acceptors (Lipinski definition) is 3. The van der Waals surface area contributed by atoms with Crippen molar-refractivity contribution in [3.8, 4) is 34.0 Å². The lowest BCUT2D eigenvalue weighted by Gasteiger charge is -2.10. The molecule has 24 heavy (non-hydrogen) atoms. The van der Waals surface area contributed by atoms with Crippen LogP contribution in [-0.4, -0.2) is 19.5 Å². The van der Waals surface area contributed by atoms with Crippen LogP contribution in [0.2, 0.25) is 0 Å². The minimum absolute atomic E-state index is 0.843. The third-order valence-corrected chi connectivity index (χ3v) is 3.92. The van der Waals surface area contributed by atoms with Crippen LogP contribution >= 0.6 is 0 Å². The van der Waals surface area contributed by atoms with Gasteiger partial charge in [0.25, 0.3) is 0 Å². The summed E-state index contributed by atoms with van der Waals surface area (Å²) in [5.74, 6) is 0. The Labute approximate surface area is 140 Å². The minimum Gasteiger partial charge on any atom is -0.351 e. The summed E-state index contributed by atoms with van der Waals surface area (Å²) >= 11 is 0. The van der Waals surface area contributed by atoms with Gasteiger partial charge in [-0.25, -0.2) is 4.98 Å². The smallest absolute Gasteiger partial charge is 0.0901 e. The standard InChI is InChI=1S/C20H16N4/c1-24-12-6-9-20(24)15-13-18(16-7-2-4-10-21-16)23-19(14-15)17-8-3-5-11-22-17/h2-14H,1H3. The van der Waals surface area contributed by atoms with E-state index in [-0.39, 0.29) is 0 Å². The van der Waals surface area contributed by atoms with Crippen LogP contribution in [0, 0.1) is 0 Å². The van der Waals surface area contributed by atoms with Crippen molar-refractivity contribution >= 4 is 0 Å². The Balaban J connectivity index is 1.93. The maximum Gasteiger partial charge on any atom is 0.0901 e. The van der Waals surface area contributed by atoms with Crippen molar-refractivity contribution in [2.45, 2.75) is 0 Å². The molecule has 0 amide bonds. The van der Waals surface area contributed by atoms with Crippen LogP contribution in [0.3, 0.4) is 0 Å². The van der Waals surface area contributed by atoms with Gasteiger partial charge < -0.3 is 4.57 Å². The van der Waals surface area contributed by atoms with Gasteiger partial charge in [-0.3, -0.25) is 9.97 Å². The van der Waals surface area contributed by atoms with Gasteiger partial charge in [-0.1, -0.05) is 12.1 Å². The third-order valence-electron chi connectivity index (χ3n) is 3.92. The topological polar surface area (TPSA) is 43.6 Å². The Morgan fingerprint density at radius 3 is 1.79 bits per heavy atom. The van der Waals surface area contributed by atoms with Gasteiger partial charge in [0, 0.05) is 36.9 Å². The third kappa shape index (κ3) is 2.70. The van der Waals surface area contributed by atoms with Crippen molar-refractivity contribution in [3.63, 3.8) is 0 Å². The van der Waals surface area contributed by atoms with Crippen LogP contribution in [-0.2, 0) is 7.05 Å². The van der Waals surface area contributed by atoms with Crippen LogP contribution in [0.1, 0.15) is 0 Å². The Kier molecular flexibility index (Phi) is 3.63. The molecule has 0 unspecified atom stereocenters. The molecular weight excluding hydrogens is 296 g/mol.